The van der Waals surface area contributed by atoms with Crippen molar-refractivity contribution in [3.05, 3.63) is 157 Å². The fraction of sp³-hybridized carbons (Fsp3) is 0.0250. The molecule has 0 bridgehead atoms. The fourth-order valence-corrected chi connectivity index (χ4v) is 6.79. The second kappa shape index (κ2) is 12.0. The highest BCUT2D eigenvalue weighted by Gasteiger charge is 2.16. The number of aromatic nitrogens is 4. The van der Waals surface area contributed by atoms with Crippen LogP contribution in [0, 0.1) is 0 Å². The quantitative estimate of drug-likeness (QED) is 0.143. The summed E-state index contributed by atoms with van der Waals surface area (Å²) < 4.78 is 2.34. The van der Waals surface area contributed by atoms with E-state index < -0.39 is 0 Å². The number of nitrogens with two attached hydrogens (primary N) is 1. The van der Waals surface area contributed by atoms with Crippen molar-refractivity contribution in [2.24, 2.45) is 0 Å². The Morgan fingerprint density at radius 3 is 1.80 bits per heavy atom. The predicted octanol–water partition coefficient (Wildman–Crippen LogP) is 9.84. The molecule has 0 atom stereocenters. The lowest BCUT2D eigenvalue weighted by Crippen LogP contribution is -2.01. The van der Waals surface area contributed by atoms with Crippen molar-refractivity contribution in [3.63, 3.8) is 0 Å². The summed E-state index contributed by atoms with van der Waals surface area (Å²) in [5.74, 6) is 2.75. The molecule has 0 aliphatic rings. The van der Waals surface area contributed by atoms with Gasteiger partial charge in [-0.2, -0.15) is 0 Å². The zero-order chi connectivity index (χ0) is 30.9. The number of fused-ring (bicyclic) bond motifs is 3. The van der Waals surface area contributed by atoms with Crippen LogP contribution in [-0.4, -0.2) is 19.5 Å². The van der Waals surface area contributed by atoms with Crippen LogP contribution >= 0.6 is 11.8 Å². The normalized spacial score (nSPS) is 11.3. The molecule has 8 aromatic rings. The van der Waals surface area contributed by atoms with Gasteiger partial charge >= 0.3 is 0 Å². The van der Waals surface area contributed by atoms with Gasteiger partial charge in [0.1, 0.15) is 0 Å². The van der Waals surface area contributed by atoms with E-state index in [4.69, 9.17) is 20.7 Å². The van der Waals surface area contributed by atoms with Gasteiger partial charge in [-0.1, -0.05) is 115 Å². The summed E-state index contributed by atoms with van der Waals surface area (Å²) in [4.78, 5) is 15.9. The average molecular weight is 612 g/mol. The van der Waals surface area contributed by atoms with Crippen molar-refractivity contribution < 1.29 is 0 Å². The van der Waals surface area contributed by atoms with E-state index in [2.05, 4.69) is 77.4 Å². The summed E-state index contributed by atoms with van der Waals surface area (Å²) in [6, 6.07) is 52.0. The highest BCUT2D eigenvalue weighted by Crippen LogP contribution is 2.35. The molecule has 0 aliphatic carbocycles. The van der Waals surface area contributed by atoms with Crippen LogP contribution in [0.3, 0.4) is 0 Å². The Balaban J connectivity index is 1.25. The van der Waals surface area contributed by atoms with Crippen LogP contribution in [0.25, 0.3) is 61.7 Å². The Bertz CT molecular complexity index is 2270. The van der Waals surface area contributed by atoms with Gasteiger partial charge < -0.3 is 10.3 Å². The second-order valence-electron chi connectivity index (χ2n) is 11.1. The fourth-order valence-electron chi connectivity index (χ4n) is 5.88. The van der Waals surface area contributed by atoms with E-state index in [0.717, 1.165) is 49.7 Å². The van der Waals surface area contributed by atoms with Crippen LogP contribution in [0.1, 0.15) is 5.56 Å². The first-order valence-electron chi connectivity index (χ1n) is 15.2. The number of thioether (sulfide) groups is 1. The van der Waals surface area contributed by atoms with E-state index in [0.29, 0.717) is 17.5 Å². The van der Waals surface area contributed by atoms with Crippen molar-refractivity contribution in [3.8, 4) is 39.9 Å². The van der Waals surface area contributed by atoms with Crippen LogP contribution in [0.15, 0.2) is 157 Å². The summed E-state index contributed by atoms with van der Waals surface area (Å²) in [5.41, 5.74) is 14.4. The van der Waals surface area contributed by atoms with E-state index >= 15 is 0 Å². The van der Waals surface area contributed by atoms with Gasteiger partial charge in [-0.05, 0) is 42.0 Å². The van der Waals surface area contributed by atoms with E-state index in [1.165, 1.54) is 16.3 Å². The van der Waals surface area contributed by atoms with Crippen LogP contribution in [0.5, 0.6) is 0 Å². The predicted molar refractivity (Wildman–Crippen MR) is 191 cm³/mol. The molecule has 0 radical (unpaired) electrons. The molecule has 46 heavy (non-hydrogen) atoms. The average Bonchev–Trinajstić information content (AvgIpc) is 3.45. The van der Waals surface area contributed by atoms with Gasteiger partial charge in [0, 0.05) is 49.5 Å². The largest absolute Gasteiger partial charge is 0.398 e. The smallest absolute Gasteiger partial charge is 0.164 e. The lowest BCUT2D eigenvalue weighted by atomic mass is 10.1. The van der Waals surface area contributed by atoms with Crippen LogP contribution in [0.2, 0.25) is 0 Å². The Labute approximate surface area is 271 Å². The molecule has 0 amide bonds. The number of para-hydroxylation sites is 2. The number of nitrogen functional groups attached to an aromatic ring is 1. The summed E-state index contributed by atoms with van der Waals surface area (Å²) in [6.45, 7) is 0. The molecular formula is C40H29N5S. The van der Waals surface area contributed by atoms with Gasteiger partial charge in [0.15, 0.2) is 17.5 Å². The maximum atomic E-state index is 6.23. The van der Waals surface area contributed by atoms with Gasteiger partial charge in [0.05, 0.1) is 11.0 Å². The molecule has 220 valence electrons. The lowest BCUT2D eigenvalue weighted by Gasteiger charge is -2.12. The van der Waals surface area contributed by atoms with Crippen molar-refractivity contribution in [2.75, 3.05) is 5.73 Å². The molecule has 0 spiro atoms. The Morgan fingerprint density at radius 2 is 1.09 bits per heavy atom. The lowest BCUT2D eigenvalue weighted by molar-refractivity contribution is 1.07. The minimum absolute atomic E-state index is 0.632. The summed E-state index contributed by atoms with van der Waals surface area (Å²) in [7, 11) is 0. The molecule has 0 saturated carbocycles. The second-order valence-corrected chi connectivity index (χ2v) is 12.1. The van der Waals surface area contributed by atoms with E-state index in [9.17, 15) is 0 Å². The molecule has 2 aromatic heterocycles. The third-order valence-electron chi connectivity index (χ3n) is 8.11. The first-order chi connectivity index (χ1) is 22.7. The number of rotatable bonds is 7. The minimum atomic E-state index is 0.632. The molecule has 0 saturated heterocycles. The minimum Gasteiger partial charge on any atom is -0.398 e. The SMILES string of the molecule is Nc1ccccc1SCc1ccc2c3ccccc3n(-c3cccc(-c4nc(-c5ccccc5)nc(-c5ccccc5)n4)c3)c2c1. The van der Waals surface area contributed by atoms with E-state index in [1.807, 2.05) is 78.9 Å². The number of anilines is 1. The van der Waals surface area contributed by atoms with Gasteiger partial charge in [-0.15, -0.1) is 11.8 Å². The van der Waals surface area contributed by atoms with E-state index in [1.54, 1.807) is 11.8 Å². The third kappa shape index (κ3) is 5.29. The molecule has 2 heterocycles. The molecular weight excluding hydrogens is 583 g/mol. The molecule has 5 nitrogen and oxygen atoms in total. The van der Waals surface area contributed by atoms with Gasteiger partial charge in [-0.25, -0.2) is 15.0 Å². The van der Waals surface area contributed by atoms with Gasteiger partial charge in [-0.3, -0.25) is 0 Å². The molecule has 2 N–H and O–H groups in total. The first kappa shape index (κ1) is 27.8. The standard InChI is InChI=1S/C40H29N5S/c41-34-19-8-10-21-37(34)46-26-27-22-23-33-32-18-7-9-20-35(32)45(36(33)24-27)31-17-11-16-30(25-31)40-43-38(28-12-3-1-4-13-28)42-39(44-40)29-14-5-2-6-15-29/h1-25H,26,41H2. The maximum absolute atomic E-state index is 6.23. The third-order valence-corrected chi connectivity index (χ3v) is 9.27. The van der Waals surface area contributed by atoms with Gasteiger partial charge in [0.2, 0.25) is 0 Å². The highest BCUT2D eigenvalue weighted by molar-refractivity contribution is 7.98. The number of nitrogens with zero attached hydrogens (tertiary/aromatic N) is 4. The molecule has 0 fully saturated rings. The molecule has 6 heteroatoms. The maximum Gasteiger partial charge on any atom is 0.164 e. The van der Waals surface area contributed by atoms with Crippen molar-refractivity contribution >= 4 is 39.3 Å². The molecule has 6 aromatic carbocycles. The van der Waals surface area contributed by atoms with Gasteiger partial charge in [0.25, 0.3) is 0 Å². The van der Waals surface area contributed by atoms with Crippen molar-refractivity contribution in [2.45, 2.75) is 10.6 Å². The van der Waals surface area contributed by atoms with Crippen LogP contribution < -0.4 is 5.73 Å². The topological polar surface area (TPSA) is 69.6 Å². The number of benzene rings is 6. The van der Waals surface area contributed by atoms with Crippen molar-refractivity contribution in [1.29, 1.82) is 0 Å². The van der Waals surface area contributed by atoms with E-state index in [-0.39, 0.29) is 0 Å². The molecule has 0 unspecified atom stereocenters. The van der Waals surface area contributed by atoms with Crippen molar-refractivity contribution in [1.82, 2.24) is 19.5 Å². The Hall–Kier alpha value is -5.72. The first-order valence-corrected chi connectivity index (χ1v) is 16.2. The highest BCUT2D eigenvalue weighted by atomic mass is 32.2. The Kier molecular flexibility index (Phi) is 7.25. The van der Waals surface area contributed by atoms with Crippen LogP contribution in [0.4, 0.5) is 5.69 Å². The number of hydrogen-bond acceptors (Lipinski definition) is 5. The summed E-state index contributed by atoms with van der Waals surface area (Å²) >= 11 is 1.76. The monoisotopic (exact) mass is 611 g/mol. The van der Waals surface area contributed by atoms with Crippen LogP contribution in [-0.2, 0) is 5.75 Å². The zero-order valence-electron chi connectivity index (χ0n) is 24.9. The molecule has 8 rings (SSSR count). The Morgan fingerprint density at radius 1 is 0.500 bits per heavy atom. The summed E-state index contributed by atoms with van der Waals surface area (Å²) in [6.07, 6.45) is 0. The molecule has 0 aliphatic heterocycles. The summed E-state index contributed by atoms with van der Waals surface area (Å²) in [5, 5.41) is 2.43. The zero-order valence-corrected chi connectivity index (χ0v) is 25.7. The number of hydrogen-bond donors (Lipinski definition) is 1.